The van der Waals surface area contributed by atoms with Crippen molar-refractivity contribution in [3.63, 3.8) is 0 Å². The number of likely N-dealkylation sites (N-methyl/N-ethyl adjacent to an activating group) is 1. The molecule has 2 heterocycles. The van der Waals surface area contributed by atoms with Crippen molar-refractivity contribution in [2.75, 3.05) is 55.7 Å². The summed E-state index contributed by atoms with van der Waals surface area (Å²) in [5.74, 6) is 0.0854. The maximum atomic E-state index is 13.0. The monoisotopic (exact) mass is 384 g/mol. The molecule has 2 aliphatic heterocycles. The first-order valence-electron chi connectivity index (χ1n) is 9.22. The number of carbonyl (C=O) groups is 1. The van der Waals surface area contributed by atoms with Crippen molar-refractivity contribution >= 4 is 21.4 Å². The van der Waals surface area contributed by atoms with Gasteiger partial charge in [-0.25, -0.2) is 12.8 Å². The van der Waals surface area contributed by atoms with Gasteiger partial charge < -0.3 is 14.7 Å². The van der Waals surface area contributed by atoms with Gasteiger partial charge in [-0.15, -0.1) is 0 Å². The van der Waals surface area contributed by atoms with E-state index in [0.29, 0.717) is 19.5 Å². The highest BCUT2D eigenvalue weighted by atomic mass is 32.2. The van der Waals surface area contributed by atoms with Crippen molar-refractivity contribution in [1.29, 1.82) is 0 Å². The molecule has 0 unspecified atom stereocenters. The zero-order chi connectivity index (χ0) is 18.7. The molecule has 0 saturated carbocycles. The summed E-state index contributed by atoms with van der Waals surface area (Å²) in [5, 5.41) is 0. The van der Waals surface area contributed by atoms with Gasteiger partial charge in [-0.1, -0.05) is 0 Å². The average molecular weight is 384 g/mol. The van der Waals surface area contributed by atoms with Gasteiger partial charge in [-0.3, -0.25) is 4.79 Å². The van der Waals surface area contributed by atoms with Crippen LogP contribution in [-0.2, 0) is 14.6 Å². The van der Waals surface area contributed by atoms with E-state index in [9.17, 15) is 17.6 Å². The summed E-state index contributed by atoms with van der Waals surface area (Å²) in [7, 11) is -2.99. The van der Waals surface area contributed by atoms with E-state index in [1.807, 2.05) is 6.92 Å². The van der Waals surface area contributed by atoms with E-state index in [1.54, 1.807) is 17.0 Å². The van der Waals surface area contributed by atoms with Crippen LogP contribution in [0, 0.1) is 5.82 Å². The number of quaternary nitrogens is 1. The van der Waals surface area contributed by atoms with Crippen LogP contribution in [0.1, 0.15) is 13.3 Å². The number of benzene rings is 1. The predicted octanol–water partition coefficient (Wildman–Crippen LogP) is -0.434. The fraction of sp³-hybridized carbons (Fsp3) is 0.611. The Labute approximate surface area is 154 Å². The molecule has 0 spiro atoms. The lowest BCUT2D eigenvalue weighted by Gasteiger charge is -2.35. The van der Waals surface area contributed by atoms with Crippen LogP contribution in [-0.4, -0.2) is 76.0 Å². The molecule has 1 N–H and O–H groups in total. The number of hydrogen-bond donors (Lipinski definition) is 1. The molecule has 1 aromatic rings. The minimum atomic E-state index is -2.99. The highest BCUT2D eigenvalue weighted by Crippen LogP contribution is 2.18. The second-order valence-corrected chi connectivity index (χ2v) is 9.36. The molecule has 6 nitrogen and oxygen atoms in total. The lowest BCUT2D eigenvalue weighted by molar-refractivity contribution is -0.892. The fourth-order valence-electron chi connectivity index (χ4n) is 3.88. The molecule has 1 amide bonds. The van der Waals surface area contributed by atoms with Crippen LogP contribution in [0.2, 0.25) is 0 Å². The van der Waals surface area contributed by atoms with E-state index in [4.69, 9.17) is 0 Å². The van der Waals surface area contributed by atoms with E-state index < -0.39 is 9.84 Å². The Kier molecular flexibility index (Phi) is 5.82. The van der Waals surface area contributed by atoms with Gasteiger partial charge in [-0.2, -0.15) is 0 Å². The van der Waals surface area contributed by atoms with Crippen molar-refractivity contribution in [1.82, 2.24) is 4.90 Å². The summed E-state index contributed by atoms with van der Waals surface area (Å²) in [6.45, 7) is 6.17. The van der Waals surface area contributed by atoms with Gasteiger partial charge in [-0.05, 0) is 37.6 Å². The van der Waals surface area contributed by atoms with Gasteiger partial charge in [0.2, 0.25) is 0 Å². The zero-order valence-corrected chi connectivity index (χ0v) is 16.0. The van der Waals surface area contributed by atoms with Crippen LogP contribution in [0.25, 0.3) is 0 Å². The maximum absolute atomic E-state index is 13.0. The fourth-order valence-corrected chi connectivity index (χ4v) is 5.62. The Morgan fingerprint density at radius 3 is 2.46 bits per heavy atom. The molecule has 1 aromatic carbocycles. The number of nitrogens with zero attached hydrogens (tertiary/aromatic N) is 2. The SMILES string of the molecule is CCN(C(=O)C[NH+]1CCN(c2ccc(F)cc2)CC1)[C@@H]1CCS(=O)(=O)C1. The van der Waals surface area contributed by atoms with E-state index in [-0.39, 0.29) is 29.3 Å². The molecule has 26 heavy (non-hydrogen) atoms. The Bertz CT molecular complexity index is 731. The third-order valence-electron chi connectivity index (χ3n) is 5.37. The molecular formula is C18H27FN3O3S+. The topological polar surface area (TPSA) is 62.1 Å². The molecule has 8 heteroatoms. The molecule has 144 valence electrons. The predicted molar refractivity (Wildman–Crippen MR) is 98.6 cm³/mol. The molecular weight excluding hydrogens is 357 g/mol. The van der Waals surface area contributed by atoms with Gasteiger partial charge in [0, 0.05) is 18.3 Å². The van der Waals surface area contributed by atoms with Gasteiger partial charge >= 0.3 is 0 Å². The van der Waals surface area contributed by atoms with E-state index >= 15 is 0 Å². The molecule has 0 aromatic heterocycles. The number of rotatable bonds is 5. The largest absolute Gasteiger partial charge is 0.360 e. The number of sulfone groups is 1. The number of amides is 1. The zero-order valence-electron chi connectivity index (χ0n) is 15.2. The standard InChI is InChI=1S/C18H26FN3O3S/c1-2-22(17-7-12-26(24,25)14-17)18(23)13-20-8-10-21(11-9-20)16-5-3-15(19)4-6-16/h3-6,17H,2,7-14H2,1H3/p+1/t17-/m1/s1. The number of anilines is 1. The third kappa shape index (κ3) is 4.54. The lowest BCUT2D eigenvalue weighted by atomic mass is 10.2. The van der Waals surface area contributed by atoms with Crippen molar-refractivity contribution in [3.05, 3.63) is 30.1 Å². The summed E-state index contributed by atoms with van der Waals surface area (Å²) in [6.07, 6.45) is 0.551. The molecule has 0 bridgehead atoms. The highest BCUT2D eigenvalue weighted by molar-refractivity contribution is 7.91. The minimum absolute atomic E-state index is 0.0415. The summed E-state index contributed by atoms with van der Waals surface area (Å²) in [4.78, 5) is 17.8. The molecule has 2 saturated heterocycles. The van der Waals surface area contributed by atoms with E-state index in [2.05, 4.69) is 4.90 Å². The molecule has 0 radical (unpaired) electrons. The molecule has 3 rings (SSSR count). The number of carbonyl (C=O) groups excluding carboxylic acids is 1. The molecule has 2 aliphatic rings. The van der Waals surface area contributed by atoms with E-state index in [1.165, 1.54) is 17.0 Å². The number of nitrogens with one attached hydrogen (secondary N) is 1. The maximum Gasteiger partial charge on any atom is 0.278 e. The van der Waals surface area contributed by atoms with Gasteiger partial charge in [0.25, 0.3) is 5.91 Å². The number of hydrogen-bond acceptors (Lipinski definition) is 4. The first-order valence-corrected chi connectivity index (χ1v) is 11.0. The summed E-state index contributed by atoms with van der Waals surface area (Å²) >= 11 is 0. The quantitative estimate of drug-likeness (QED) is 0.748. The second-order valence-electron chi connectivity index (χ2n) is 7.13. The van der Waals surface area contributed by atoms with Gasteiger partial charge in [0.05, 0.1) is 37.7 Å². The number of piperazine rings is 1. The normalized spacial score (nSPS) is 23.2. The Morgan fingerprint density at radius 2 is 1.92 bits per heavy atom. The van der Waals surface area contributed by atoms with Gasteiger partial charge in [0.1, 0.15) is 5.82 Å². The van der Waals surface area contributed by atoms with Crippen LogP contribution in [0.15, 0.2) is 24.3 Å². The van der Waals surface area contributed by atoms with Crippen molar-refractivity contribution in [2.45, 2.75) is 19.4 Å². The van der Waals surface area contributed by atoms with Crippen molar-refractivity contribution < 1.29 is 22.5 Å². The van der Waals surface area contributed by atoms with Crippen LogP contribution in [0.3, 0.4) is 0 Å². The smallest absolute Gasteiger partial charge is 0.278 e. The Hall–Kier alpha value is -1.67. The van der Waals surface area contributed by atoms with Crippen LogP contribution in [0.4, 0.5) is 10.1 Å². The Morgan fingerprint density at radius 1 is 1.27 bits per heavy atom. The van der Waals surface area contributed by atoms with Gasteiger partial charge in [0.15, 0.2) is 16.4 Å². The number of halogens is 1. The highest BCUT2D eigenvalue weighted by Gasteiger charge is 2.35. The third-order valence-corrected chi connectivity index (χ3v) is 7.12. The van der Waals surface area contributed by atoms with Crippen LogP contribution < -0.4 is 9.80 Å². The molecule has 0 aliphatic carbocycles. The minimum Gasteiger partial charge on any atom is -0.360 e. The van der Waals surface area contributed by atoms with Crippen molar-refractivity contribution in [2.24, 2.45) is 0 Å². The van der Waals surface area contributed by atoms with E-state index in [0.717, 1.165) is 31.9 Å². The van der Waals surface area contributed by atoms with Crippen LogP contribution in [0.5, 0.6) is 0 Å². The average Bonchev–Trinajstić information content (AvgIpc) is 2.96. The first kappa shape index (κ1) is 19.1. The lowest BCUT2D eigenvalue weighted by Crippen LogP contribution is -3.16. The Balaban J connectivity index is 1.51. The summed E-state index contributed by atoms with van der Waals surface area (Å²) < 4.78 is 36.4. The molecule has 1 atom stereocenters. The summed E-state index contributed by atoms with van der Waals surface area (Å²) in [6, 6.07) is 6.33. The van der Waals surface area contributed by atoms with Crippen molar-refractivity contribution in [3.8, 4) is 0 Å². The first-order chi connectivity index (χ1) is 12.4. The molecule has 2 fully saturated rings. The second kappa shape index (κ2) is 7.92. The summed E-state index contributed by atoms with van der Waals surface area (Å²) in [5.41, 5.74) is 1.00. The van der Waals surface area contributed by atoms with Crippen LogP contribution >= 0.6 is 0 Å².